The second kappa shape index (κ2) is 10.5. The van der Waals surface area contributed by atoms with Crippen molar-refractivity contribution in [1.82, 2.24) is 15.5 Å². The molecule has 184 valence electrons. The van der Waals surface area contributed by atoms with Crippen molar-refractivity contribution in [2.75, 3.05) is 5.32 Å². The summed E-state index contributed by atoms with van der Waals surface area (Å²) in [4.78, 5) is 24.7. The molecule has 1 unspecified atom stereocenters. The normalized spacial score (nSPS) is 11.7. The molecule has 0 aliphatic rings. The summed E-state index contributed by atoms with van der Waals surface area (Å²) in [7, 11) is 0. The van der Waals surface area contributed by atoms with Crippen LogP contribution in [0.1, 0.15) is 23.6 Å². The maximum atomic E-state index is 13.3. The van der Waals surface area contributed by atoms with Crippen molar-refractivity contribution in [3.8, 4) is 22.4 Å². The SMILES string of the molecule is Cc1ccc(-c2ccc(-c3cc(NC(=O)C(C)NC(=O)Cc4cc(F)cc(F)c4)[nH]n3)cc2)cc1C. The summed E-state index contributed by atoms with van der Waals surface area (Å²) in [6.07, 6.45) is -0.251. The minimum Gasteiger partial charge on any atom is -0.344 e. The fourth-order valence-electron chi connectivity index (χ4n) is 3.79. The molecule has 4 aromatic rings. The minimum absolute atomic E-state index is 0.180. The topological polar surface area (TPSA) is 86.9 Å². The number of amides is 2. The lowest BCUT2D eigenvalue weighted by molar-refractivity contribution is -0.125. The number of aromatic nitrogens is 2. The average Bonchev–Trinajstić information content (AvgIpc) is 3.28. The summed E-state index contributed by atoms with van der Waals surface area (Å²) in [5.74, 6) is -2.15. The fourth-order valence-corrected chi connectivity index (χ4v) is 3.79. The molecule has 6 nitrogen and oxygen atoms in total. The molecular formula is C28H26F2N4O2. The van der Waals surface area contributed by atoms with Gasteiger partial charge in [0.05, 0.1) is 12.1 Å². The third-order valence-electron chi connectivity index (χ3n) is 5.91. The summed E-state index contributed by atoms with van der Waals surface area (Å²) in [6.45, 7) is 5.69. The van der Waals surface area contributed by atoms with Gasteiger partial charge in [-0.15, -0.1) is 0 Å². The third-order valence-corrected chi connectivity index (χ3v) is 5.91. The van der Waals surface area contributed by atoms with Gasteiger partial charge in [0.2, 0.25) is 11.8 Å². The van der Waals surface area contributed by atoms with Crippen LogP contribution < -0.4 is 10.6 Å². The van der Waals surface area contributed by atoms with E-state index in [1.165, 1.54) is 18.1 Å². The Morgan fingerprint density at radius 1 is 0.861 bits per heavy atom. The highest BCUT2D eigenvalue weighted by Crippen LogP contribution is 2.26. The molecule has 0 fully saturated rings. The van der Waals surface area contributed by atoms with E-state index in [9.17, 15) is 18.4 Å². The Morgan fingerprint density at radius 2 is 1.50 bits per heavy atom. The number of aromatic amines is 1. The molecule has 0 bridgehead atoms. The van der Waals surface area contributed by atoms with E-state index in [2.05, 4.69) is 52.9 Å². The monoisotopic (exact) mass is 488 g/mol. The van der Waals surface area contributed by atoms with Crippen LogP contribution in [0.25, 0.3) is 22.4 Å². The number of carbonyl (C=O) groups excluding carboxylic acids is 2. The van der Waals surface area contributed by atoms with Crippen molar-refractivity contribution in [3.63, 3.8) is 0 Å². The summed E-state index contributed by atoms with van der Waals surface area (Å²) >= 11 is 0. The number of halogens is 2. The van der Waals surface area contributed by atoms with E-state index >= 15 is 0 Å². The van der Waals surface area contributed by atoms with Crippen molar-refractivity contribution >= 4 is 17.6 Å². The van der Waals surface area contributed by atoms with Gasteiger partial charge in [-0.3, -0.25) is 14.7 Å². The third kappa shape index (κ3) is 6.02. The van der Waals surface area contributed by atoms with E-state index in [0.717, 1.165) is 34.9 Å². The molecule has 1 aromatic heterocycles. The predicted octanol–water partition coefficient (Wildman–Crippen LogP) is 5.32. The predicted molar refractivity (Wildman–Crippen MR) is 135 cm³/mol. The fraction of sp³-hybridized carbons (Fsp3) is 0.179. The number of aryl methyl sites for hydroxylation is 2. The van der Waals surface area contributed by atoms with E-state index < -0.39 is 29.5 Å². The lowest BCUT2D eigenvalue weighted by atomic mass is 9.99. The molecule has 0 spiro atoms. The zero-order valence-electron chi connectivity index (χ0n) is 20.2. The van der Waals surface area contributed by atoms with Gasteiger partial charge < -0.3 is 10.6 Å². The van der Waals surface area contributed by atoms with Gasteiger partial charge in [0.15, 0.2) is 0 Å². The molecule has 2 amide bonds. The first-order chi connectivity index (χ1) is 17.2. The molecule has 1 atom stereocenters. The summed E-state index contributed by atoms with van der Waals surface area (Å²) < 4.78 is 26.6. The quantitative estimate of drug-likeness (QED) is 0.329. The number of H-pyrrole nitrogens is 1. The van der Waals surface area contributed by atoms with E-state index in [4.69, 9.17) is 0 Å². The smallest absolute Gasteiger partial charge is 0.247 e. The van der Waals surface area contributed by atoms with Gasteiger partial charge in [0, 0.05) is 17.7 Å². The summed E-state index contributed by atoms with van der Waals surface area (Å²) in [5, 5.41) is 12.2. The van der Waals surface area contributed by atoms with Crippen LogP contribution in [0.3, 0.4) is 0 Å². The molecule has 4 rings (SSSR count). The van der Waals surface area contributed by atoms with Crippen LogP contribution in [0, 0.1) is 25.5 Å². The summed E-state index contributed by atoms with van der Waals surface area (Å²) in [5.41, 5.74) is 6.42. The van der Waals surface area contributed by atoms with E-state index in [0.29, 0.717) is 11.5 Å². The van der Waals surface area contributed by atoms with E-state index in [1.54, 1.807) is 6.07 Å². The van der Waals surface area contributed by atoms with Gasteiger partial charge in [0.25, 0.3) is 0 Å². The van der Waals surface area contributed by atoms with Crippen molar-refractivity contribution < 1.29 is 18.4 Å². The molecule has 0 radical (unpaired) electrons. The zero-order valence-corrected chi connectivity index (χ0v) is 20.2. The Kier molecular flexibility index (Phi) is 7.24. The Balaban J connectivity index is 1.35. The number of benzene rings is 3. The highest BCUT2D eigenvalue weighted by molar-refractivity contribution is 5.96. The van der Waals surface area contributed by atoms with Crippen LogP contribution in [0.15, 0.2) is 66.7 Å². The minimum atomic E-state index is -0.875. The zero-order chi connectivity index (χ0) is 25.8. The van der Waals surface area contributed by atoms with Crippen LogP contribution in [-0.2, 0) is 16.0 Å². The van der Waals surface area contributed by atoms with E-state index in [-0.39, 0.29) is 12.0 Å². The van der Waals surface area contributed by atoms with Gasteiger partial charge in [-0.05, 0) is 60.7 Å². The van der Waals surface area contributed by atoms with Crippen LogP contribution >= 0.6 is 0 Å². The molecular weight excluding hydrogens is 462 g/mol. The maximum Gasteiger partial charge on any atom is 0.247 e. The Hall–Kier alpha value is -4.33. The van der Waals surface area contributed by atoms with Gasteiger partial charge in [-0.2, -0.15) is 5.10 Å². The number of nitrogens with zero attached hydrogens (tertiary/aromatic N) is 1. The Labute approximate surface area is 207 Å². The van der Waals surface area contributed by atoms with Crippen LogP contribution in [0.4, 0.5) is 14.6 Å². The first-order valence-corrected chi connectivity index (χ1v) is 11.5. The molecule has 1 heterocycles. The maximum absolute atomic E-state index is 13.3. The number of anilines is 1. The second-order valence-electron chi connectivity index (χ2n) is 8.78. The highest BCUT2D eigenvalue weighted by Gasteiger charge is 2.17. The van der Waals surface area contributed by atoms with Crippen molar-refractivity contribution in [1.29, 1.82) is 0 Å². The van der Waals surface area contributed by atoms with Gasteiger partial charge in [0.1, 0.15) is 23.5 Å². The number of rotatable bonds is 7. The lowest BCUT2D eigenvalue weighted by Gasteiger charge is -2.13. The Bertz CT molecular complexity index is 1390. The van der Waals surface area contributed by atoms with Gasteiger partial charge >= 0.3 is 0 Å². The van der Waals surface area contributed by atoms with Crippen molar-refractivity contribution in [2.24, 2.45) is 0 Å². The van der Waals surface area contributed by atoms with Gasteiger partial charge in [-0.1, -0.05) is 42.5 Å². The molecule has 0 saturated carbocycles. The van der Waals surface area contributed by atoms with Crippen LogP contribution in [-0.4, -0.2) is 28.1 Å². The Morgan fingerprint density at radius 3 is 2.17 bits per heavy atom. The van der Waals surface area contributed by atoms with Crippen LogP contribution in [0.5, 0.6) is 0 Å². The molecule has 8 heteroatoms. The number of carbonyl (C=O) groups is 2. The number of hydrogen-bond acceptors (Lipinski definition) is 3. The number of hydrogen-bond donors (Lipinski definition) is 3. The largest absolute Gasteiger partial charge is 0.344 e. The highest BCUT2D eigenvalue weighted by atomic mass is 19.1. The van der Waals surface area contributed by atoms with Crippen molar-refractivity contribution in [2.45, 2.75) is 33.2 Å². The lowest BCUT2D eigenvalue weighted by Crippen LogP contribution is -2.42. The standard InChI is InChI=1S/C28H26F2N4O2/c1-16-4-5-22(10-17(16)2)20-6-8-21(9-7-20)25-15-26(34-33-25)32-28(36)18(3)31-27(35)13-19-11-23(29)14-24(30)12-19/h4-12,14-15,18H,13H2,1-3H3,(H,31,35)(H2,32,33,34,36). The van der Waals surface area contributed by atoms with E-state index in [1.807, 2.05) is 24.3 Å². The first kappa shape index (κ1) is 24.8. The first-order valence-electron chi connectivity index (χ1n) is 11.5. The van der Waals surface area contributed by atoms with Crippen LogP contribution in [0.2, 0.25) is 0 Å². The molecule has 3 aromatic carbocycles. The average molecular weight is 489 g/mol. The molecule has 0 aliphatic carbocycles. The molecule has 0 aliphatic heterocycles. The van der Waals surface area contributed by atoms with Crippen molar-refractivity contribution in [3.05, 3.63) is 95.1 Å². The summed E-state index contributed by atoms with van der Waals surface area (Å²) in [6, 6.07) is 18.0. The molecule has 0 saturated heterocycles. The molecule has 36 heavy (non-hydrogen) atoms. The second-order valence-corrected chi connectivity index (χ2v) is 8.78. The molecule has 3 N–H and O–H groups in total. The number of nitrogens with one attached hydrogen (secondary N) is 3. The van der Waals surface area contributed by atoms with Gasteiger partial charge in [-0.25, -0.2) is 8.78 Å².